The number of hydrogen-bond acceptors (Lipinski definition) is 3. The van der Waals surface area contributed by atoms with Gasteiger partial charge >= 0.3 is 5.97 Å². The Morgan fingerprint density at radius 2 is 2.21 bits per heavy atom. The number of benzene rings is 1. The van der Waals surface area contributed by atoms with Crippen LogP contribution in [0.15, 0.2) is 30.3 Å². The third kappa shape index (κ3) is 2.43. The van der Waals surface area contributed by atoms with E-state index in [4.69, 9.17) is 4.74 Å². The van der Waals surface area contributed by atoms with Crippen LogP contribution >= 0.6 is 15.9 Å². The maximum absolute atomic E-state index is 11.4. The van der Waals surface area contributed by atoms with Crippen molar-refractivity contribution in [1.29, 1.82) is 0 Å². The van der Waals surface area contributed by atoms with Crippen LogP contribution in [0.25, 0.3) is 0 Å². The Morgan fingerprint density at radius 1 is 1.47 bits per heavy atom. The normalized spacial score (nSPS) is 32.9. The van der Waals surface area contributed by atoms with Gasteiger partial charge in [0.1, 0.15) is 0 Å². The number of methoxy groups -OCH3 is 1. The summed E-state index contributed by atoms with van der Waals surface area (Å²) < 4.78 is 4.91. The van der Waals surface area contributed by atoms with Gasteiger partial charge in [0.05, 0.1) is 13.5 Å². The molecule has 1 aromatic rings. The SMILES string of the molecule is COC(=O)CC1C2CN(Cc3ccccc3)CC12Br. The van der Waals surface area contributed by atoms with Crippen molar-refractivity contribution < 1.29 is 9.53 Å². The highest BCUT2D eigenvalue weighted by Gasteiger charge is 2.67. The van der Waals surface area contributed by atoms with Crippen LogP contribution in [0.1, 0.15) is 12.0 Å². The molecule has 1 heterocycles. The van der Waals surface area contributed by atoms with Crippen molar-refractivity contribution in [3.05, 3.63) is 35.9 Å². The van der Waals surface area contributed by atoms with Gasteiger partial charge in [0.25, 0.3) is 0 Å². The number of fused-ring (bicyclic) bond motifs is 1. The van der Waals surface area contributed by atoms with Gasteiger partial charge in [-0.05, 0) is 17.4 Å². The maximum atomic E-state index is 11.4. The van der Waals surface area contributed by atoms with E-state index in [1.165, 1.54) is 12.7 Å². The number of likely N-dealkylation sites (tertiary alicyclic amines) is 1. The molecule has 0 spiro atoms. The topological polar surface area (TPSA) is 29.5 Å². The first-order valence-electron chi connectivity index (χ1n) is 6.65. The molecule has 1 aliphatic heterocycles. The largest absolute Gasteiger partial charge is 0.469 e. The zero-order valence-corrected chi connectivity index (χ0v) is 12.6. The fraction of sp³-hybridized carbons (Fsp3) is 0.533. The van der Waals surface area contributed by atoms with E-state index in [0.717, 1.165) is 19.6 Å². The number of ether oxygens (including phenoxy) is 1. The number of alkyl halides is 1. The Balaban J connectivity index is 1.55. The Morgan fingerprint density at radius 3 is 2.79 bits per heavy atom. The van der Waals surface area contributed by atoms with Gasteiger partial charge in [0.15, 0.2) is 0 Å². The number of halogens is 1. The van der Waals surface area contributed by atoms with Gasteiger partial charge in [0.2, 0.25) is 0 Å². The number of piperidine rings is 1. The Hall–Kier alpha value is -0.870. The van der Waals surface area contributed by atoms with Gasteiger partial charge in [0, 0.05) is 24.0 Å². The van der Waals surface area contributed by atoms with E-state index in [1.807, 2.05) is 6.07 Å². The third-order valence-corrected chi connectivity index (χ3v) is 5.82. The van der Waals surface area contributed by atoms with Crippen molar-refractivity contribution in [2.24, 2.45) is 11.8 Å². The van der Waals surface area contributed by atoms with Gasteiger partial charge in [-0.2, -0.15) is 0 Å². The van der Waals surface area contributed by atoms with Gasteiger partial charge in [-0.1, -0.05) is 46.3 Å². The molecule has 0 N–H and O–H groups in total. The predicted molar refractivity (Wildman–Crippen MR) is 77.0 cm³/mol. The lowest BCUT2D eigenvalue weighted by molar-refractivity contribution is -0.141. The second kappa shape index (κ2) is 4.91. The van der Waals surface area contributed by atoms with Crippen LogP contribution in [0.2, 0.25) is 0 Å². The number of carbonyl (C=O) groups excluding carboxylic acids is 1. The smallest absolute Gasteiger partial charge is 0.305 e. The summed E-state index contributed by atoms with van der Waals surface area (Å²) in [6.45, 7) is 3.09. The molecular formula is C15H18BrNO2. The summed E-state index contributed by atoms with van der Waals surface area (Å²) in [7, 11) is 1.46. The molecule has 1 saturated heterocycles. The van der Waals surface area contributed by atoms with Crippen LogP contribution in [-0.4, -0.2) is 35.4 Å². The molecule has 3 nitrogen and oxygen atoms in total. The van der Waals surface area contributed by atoms with Gasteiger partial charge in [-0.3, -0.25) is 9.69 Å². The highest BCUT2D eigenvalue weighted by atomic mass is 79.9. The van der Waals surface area contributed by atoms with Crippen molar-refractivity contribution in [2.75, 3.05) is 20.2 Å². The molecule has 2 fully saturated rings. The van der Waals surface area contributed by atoms with Gasteiger partial charge in [-0.15, -0.1) is 0 Å². The van der Waals surface area contributed by atoms with E-state index >= 15 is 0 Å². The first-order valence-corrected chi connectivity index (χ1v) is 7.45. The highest BCUT2D eigenvalue weighted by Crippen LogP contribution is 2.63. The summed E-state index contributed by atoms with van der Waals surface area (Å²) >= 11 is 3.84. The summed E-state index contributed by atoms with van der Waals surface area (Å²) in [6, 6.07) is 10.5. The van der Waals surface area contributed by atoms with Crippen LogP contribution < -0.4 is 0 Å². The Bertz CT molecular complexity index is 478. The molecular weight excluding hydrogens is 306 g/mol. The molecule has 1 aromatic carbocycles. The zero-order valence-electron chi connectivity index (χ0n) is 11.0. The summed E-state index contributed by atoms with van der Waals surface area (Å²) in [5.41, 5.74) is 1.35. The third-order valence-electron chi connectivity index (χ3n) is 4.39. The van der Waals surface area contributed by atoms with Crippen LogP contribution in [0, 0.1) is 11.8 Å². The average Bonchev–Trinajstić information content (AvgIpc) is 2.78. The molecule has 4 heteroatoms. The van der Waals surface area contributed by atoms with Crippen molar-refractivity contribution in [3.8, 4) is 0 Å². The van der Waals surface area contributed by atoms with E-state index in [9.17, 15) is 4.79 Å². The summed E-state index contributed by atoms with van der Waals surface area (Å²) in [5, 5.41) is 0. The maximum Gasteiger partial charge on any atom is 0.305 e. The number of rotatable bonds is 4. The fourth-order valence-corrected chi connectivity index (χ4v) is 4.47. The lowest BCUT2D eigenvalue weighted by atomic mass is 10.1. The average molecular weight is 324 g/mol. The Kier molecular flexibility index (Phi) is 3.39. The van der Waals surface area contributed by atoms with Crippen molar-refractivity contribution in [2.45, 2.75) is 17.3 Å². The number of carbonyl (C=O) groups is 1. The fourth-order valence-electron chi connectivity index (χ4n) is 3.30. The Labute approximate surface area is 122 Å². The van der Waals surface area contributed by atoms with Crippen molar-refractivity contribution in [1.82, 2.24) is 4.90 Å². The van der Waals surface area contributed by atoms with E-state index in [2.05, 4.69) is 45.1 Å². The molecule has 3 atom stereocenters. The van der Waals surface area contributed by atoms with Crippen LogP contribution in [0.4, 0.5) is 0 Å². The lowest BCUT2D eigenvalue weighted by Gasteiger charge is -2.20. The highest BCUT2D eigenvalue weighted by molar-refractivity contribution is 9.10. The molecule has 3 unspecified atom stereocenters. The van der Waals surface area contributed by atoms with Crippen LogP contribution in [-0.2, 0) is 16.1 Å². The predicted octanol–water partition coefficient (Wildman–Crippen LogP) is 2.45. The van der Waals surface area contributed by atoms with E-state index in [0.29, 0.717) is 18.3 Å². The minimum Gasteiger partial charge on any atom is -0.469 e. The number of nitrogens with zero attached hydrogens (tertiary/aromatic N) is 1. The van der Waals surface area contributed by atoms with E-state index < -0.39 is 0 Å². The van der Waals surface area contributed by atoms with Crippen LogP contribution in [0.5, 0.6) is 0 Å². The molecule has 0 aromatic heterocycles. The first kappa shape index (κ1) is 13.1. The molecule has 1 saturated carbocycles. The lowest BCUT2D eigenvalue weighted by Crippen LogP contribution is -2.28. The molecule has 0 radical (unpaired) electrons. The summed E-state index contributed by atoms with van der Waals surface area (Å²) in [4.78, 5) is 13.8. The van der Waals surface area contributed by atoms with Gasteiger partial charge < -0.3 is 4.74 Å². The molecule has 2 aliphatic rings. The molecule has 102 valence electrons. The summed E-state index contributed by atoms with van der Waals surface area (Å²) in [6.07, 6.45) is 0.547. The second-order valence-electron chi connectivity index (χ2n) is 5.58. The quantitative estimate of drug-likeness (QED) is 0.629. The van der Waals surface area contributed by atoms with Gasteiger partial charge in [-0.25, -0.2) is 0 Å². The monoisotopic (exact) mass is 323 g/mol. The standard InChI is InChI=1S/C15H18BrNO2/c1-19-14(18)7-12-13-9-17(10-15(12,13)16)8-11-5-3-2-4-6-11/h2-6,12-13H,7-10H2,1H3. The summed E-state index contributed by atoms with van der Waals surface area (Å²) in [5.74, 6) is 0.954. The van der Waals surface area contributed by atoms with Crippen molar-refractivity contribution in [3.63, 3.8) is 0 Å². The number of esters is 1. The molecule has 1 aliphatic carbocycles. The minimum absolute atomic E-state index is 0.0900. The molecule has 0 bridgehead atoms. The van der Waals surface area contributed by atoms with Crippen LogP contribution in [0.3, 0.4) is 0 Å². The van der Waals surface area contributed by atoms with E-state index in [1.54, 1.807) is 0 Å². The second-order valence-corrected chi connectivity index (χ2v) is 7.05. The van der Waals surface area contributed by atoms with Crippen molar-refractivity contribution >= 4 is 21.9 Å². The first-order chi connectivity index (χ1) is 9.13. The van der Waals surface area contributed by atoms with E-state index in [-0.39, 0.29) is 10.3 Å². The minimum atomic E-state index is -0.0900. The molecule has 0 amide bonds. The molecule has 3 rings (SSSR count). The molecule has 19 heavy (non-hydrogen) atoms. The zero-order chi connectivity index (χ0) is 13.5. The number of hydrogen-bond donors (Lipinski definition) is 0.